The van der Waals surface area contributed by atoms with Gasteiger partial charge in [0.25, 0.3) is 0 Å². The van der Waals surface area contributed by atoms with E-state index in [0.29, 0.717) is 19.3 Å². The van der Waals surface area contributed by atoms with E-state index < -0.39 is 6.10 Å². The molecule has 0 bridgehead atoms. The van der Waals surface area contributed by atoms with Crippen molar-refractivity contribution < 1.29 is 28.6 Å². The maximum absolute atomic E-state index is 12.8. The Balaban J connectivity index is 4.41. The molecule has 0 aromatic rings. The standard InChI is InChI=1S/C56H96O6/c1-4-7-10-13-16-19-22-25-27-28-30-31-34-37-40-43-46-49-55(58)61-52-53(51-60-54(57)48-45-42-39-36-33-24-21-18-15-12-9-6-3)62-56(59)50-47-44-41-38-35-32-29-26-23-20-17-14-11-8-5-2/h8,11,14,16-21,23,25,27,53H,4-7,9-10,12-13,15,22,24,26,28-52H2,1-3H3/b11-8-,17-14-,19-16-,21-18-,23-20-,27-25-. The van der Waals surface area contributed by atoms with Gasteiger partial charge in [-0.2, -0.15) is 0 Å². The SMILES string of the molecule is CC\C=C/C=C\C=C/CCCCCCCCCC(=O)OC(COC(=O)CCCCCCC/C=C\CCCCC)COC(=O)CCCCCCCCC/C=C\C/C=C\CCCCC. The number of hydrogen-bond donors (Lipinski definition) is 0. The summed E-state index contributed by atoms with van der Waals surface area (Å²) in [6, 6.07) is 0. The van der Waals surface area contributed by atoms with E-state index in [4.69, 9.17) is 14.2 Å². The van der Waals surface area contributed by atoms with Gasteiger partial charge in [0, 0.05) is 19.3 Å². The molecule has 1 atom stereocenters. The first-order valence-corrected chi connectivity index (χ1v) is 26.0. The van der Waals surface area contributed by atoms with Gasteiger partial charge < -0.3 is 14.2 Å². The molecule has 0 heterocycles. The van der Waals surface area contributed by atoms with Crippen LogP contribution in [0.2, 0.25) is 0 Å². The van der Waals surface area contributed by atoms with Crippen LogP contribution in [0.1, 0.15) is 245 Å². The molecule has 0 saturated heterocycles. The van der Waals surface area contributed by atoms with E-state index in [1.807, 2.05) is 0 Å². The lowest BCUT2D eigenvalue weighted by molar-refractivity contribution is -0.167. The van der Waals surface area contributed by atoms with Crippen molar-refractivity contribution in [3.63, 3.8) is 0 Å². The second kappa shape index (κ2) is 50.5. The van der Waals surface area contributed by atoms with Crippen molar-refractivity contribution >= 4 is 17.9 Å². The number of carbonyl (C=O) groups is 3. The summed E-state index contributed by atoms with van der Waals surface area (Å²) in [5, 5.41) is 0. The van der Waals surface area contributed by atoms with Crippen molar-refractivity contribution in [1.82, 2.24) is 0 Å². The van der Waals surface area contributed by atoms with Crippen LogP contribution in [0.25, 0.3) is 0 Å². The molecule has 0 amide bonds. The number of hydrogen-bond acceptors (Lipinski definition) is 6. The highest BCUT2D eigenvalue weighted by Gasteiger charge is 2.19. The molecule has 0 fully saturated rings. The van der Waals surface area contributed by atoms with Crippen molar-refractivity contribution in [2.45, 2.75) is 252 Å². The molecule has 0 spiro atoms. The fourth-order valence-electron chi connectivity index (χ4n) is 7.05. The molecule has 356 valence electrons. The molecule has 0 aliphatic rings. The van der Waals surface area contributed by atoms with Crippen LogP contribution in [0.4, 0.5) is 0 Å². The Labute approximate surface area is 382 Å². The first-order valence-electron chi connectivity index (χ1n) is 26.0. The zero-order chi connectivity index (χ0) is 45.1. The van der Waals surface area contributed by atoms with Crippen LogP contribution in [0.3, 0.4) is 0 Å². The van der Waals surface area contributed by atoms with Crippen molar-refractivity contribution in [3.8, 4) is 0 Å². The van der Waals surface area contributed by atoms with Crippen LogP contribution in [-0.4, -0.2) is 37.2 Å². The van der Waals surface area contributed by atoms with E-state index in [2.05, 4.69) is 93.7 Å². The highest BCUT2D eigenvalue weighted by molar-refractivity contribution is 5.71. The van der Waals surface area contributed by atoms with Crippen molar-refractivity contribution in [2.75, 3.05) is 13.2 Å². The molecule has 6 heteroatoms. The lowest BCUT2D eigenvalue weighted by atomic mass is 10.1. The zero-order valence-electron chi connectivity index (χ0n) is 40.6. The predicted octanol–water partition coefficient (Wildman–Crippen LogP) is 17.0. The summed E-state index contributed by atoms with van der Waals surface area (Å²) in [6.45, 7) is 6.44. The van der Waals surface area contributed by atoms with E-state index in [-0.39, 0.29) is 31.1 Å². The Morgan fingerprint density at radius 1 is 0.355 bits per heavy atom. The molecule has 0 aliphatic carbocycles. The monoisotopic (exact) mass is 865 g/mol. The van der Waals surface area contributed by atoms with Crippen molar-refractivity contribution in [2.24, 2.45) is 0 Å². The van der Waals surface area contributed by atoms with Gasteiger partial charge in [-0.15, -0.1) is 0 Å². The zero-order valence-corrected chi connectivity index (χ0v) is 40.6. The van der Waals surface area contributed by atoms with E-state index in [9.17, 15) is 14.4 Å². The number of rotatable bonds is 46. The van der Waals surface area contributed by atoms with E-state index in [0.717, 1.165) is 89.9 Å². The number of allylic oxidation sites excluding steroid dienone is 12. The molecule has 62 heavy (non-hydrogen) atoms. The minimum Gasteiger partial charge on any atom is -0.462 e. The first-order chi connectivity index (χ1) is 30.5. The van der Waals surface area contributed by atoms with Gasteiger partial charge in [-0.05, 0) is 96.3 Å². The highest BCUT2D eigenvalue weighted by atomic mass is 16.6. The minimum absolute atomic E-state index is 0.0873. The molecule has 0 rings (SSSR count). The summed E-state index contributed by atoms with van der Waals surface area (Å²) in [5.74, 6) is -0.914. The molecule has 6 nitrogen and oxygen atoms in total. The van der Waals surface area contributed by atoms with E-state index >= 15 is 0 Å². The number of ether oxygens (including phenoxy) is 3. The van der Waals surface area contributed by atoms with Crippen molar-refractivity contribution in [3.05, 3.63) is 72.9 Å². The highest BCUT2D eigenvalue weighted by Crippen LogP contribution is 2.14. The molecular formula is C56H96O6. The average molecular weight is 865 g/mol. The van der Waals surface area contributed by atoms with Crippen LogP contribution < -0.4 is 0 Å². The van der Waals surface area contributed by atoms with Gasteiger partial charge in [-0.1, -0.05) is 203 Å². The van der Waals surface area contributed by atoms with Crippen LogP contribution in [0.5, 0.6) is 0 Å². The Kier molecular flexibility index (Phi) is 47.9. The summed E-state index contributed by atoms with van der Waals surface area (Å²) in [5.41, 5.74) is 0. The number of unbranched alkanes of at least 4 members (excludes halogenated alkanes) is 25. The third kappa shape index (κ3) is 47.9. The maximum Gasteiger partial charge on any atom is 0.306 e. The number of carbonyl (C=O) groups excluding carboxylic acids is 3. The van der Waals surface area contributed by atoms with Gasteiger partial charge in [-0.3, -0.25) is 14.4 Å². The minimum atomic E-state index is -0.787. The van der Waals surface area contributed by atoms with Crippen molar-refractivity contribution in [1.29, 1.82) is 0 Å². The topological polar surface area (TPSA) is 78.9 Å². The molecule has 0 aromatic heterocycles. The fourth-order valence-corrected chi connectivity index (χ4v) is 7.05. The lowest BCUT2D eigenvalue weighted by Crippen LogP contribution is -2.30. The third-order valence-electron chi connectivity index (χ3n) is 11.0. The smallest absolute Gasteiger partial charge is 0.306 e. The summed E-state index contributed by atoms with van der Waals surface area (Å²) < 4.78 is 16.8. The van der Waals surface area contributed by atoms with Crippen LogP contribution in [0.15, 0.2) is 72.9 Å². The first kappa shape index (κ1) is 58.9. The second-order valence-corrected chi connectivity index (χ2v) is 17.1. The molecule has 0 aromatic carbocycles. The summed E-state index contributed by atoms with van der Waals surface area (Å²) in [7, 11) is 0. The Bertz CT molecular complexity index is 1180. The largest absolute Gasteiger partial charge is 0.462 e. The van der Waals surface area contributed by atoms with E-state index in [1.54, 1.807) is 0 Å². The Hall–Kier alpha value is -3.15. The summed E-state index contributed by atoms with van der Waals surface area (Å²) >= 11 is 0. The van der Waals surface area contributed by atoms with Gasteiger partial charge in [0.15, 0.2) is 6.10 Å². The van der Waals surface area contributed by atoms with Crippen LogP contribution in [-0.2, 0) is 28.6 Å². The van der Waals surface area contributed by atoms with Gasteiger partial charge in [0.05, 0.1) is 0 Å². The quantitative estimate of drug-likeness (QED) is 0.0199. The van der Waals surface area contributed by atoms with Gasteiger partial charge in [0.2, 0.25) is 0 Å². The van der Waals surface area contributed by atoms with Gasteiger partial charge >= 0.3 is 17.9 Å². The number of esters is 3. The van der Waals surface area contributed by atoms with Crippen LogP contribution >= 0.6 is 0 Å². The third-order valence-corrected chi connectivity index (χ3v) is 11.0. The van der Waals surface area contributed by atoms with Crippen LogP contribution in [0, 0.1) is 0 Å². The Morgan fingerprint density at radius 2 is 0.694 bits per heavy atom. The normalized spacial score (nSPS) is 12.6. The Morgan fingerprint density at radius 3 is 1.11 bits per heavy atom. The predicted molar refractivity (Wildman–Crippen MR) is 265 cm³/mol. The molecule has 0 N–H and O–H groups in total. The van der Waals surface area contributed by atoms with Gasteiger partial charge in [-0.25, -0.2) is 0 Å². The van der Waals surface area contributed by atoms with Gasteiger partial charge in [0.1, 0.15) is 13.2 Å². The molecule has 0 saturated carbocycles. The molecular weight excluding hydrogens is 769 g/mol. The molecule has 0 aliphatic heterocycles. The average Bonchev–Trinajstić information content (AvgIpc) is 3.27. The fraction of sp³-hybridized carbons (Fsp3) is 0.732. The van der Waals surface area contributed by atoms with E-state index in [1.165, 1.54) is 116 Å². The summed E-state index contributed by atoms with van der Waals surface area (Å²) in [6.07, 6.45) is 63.1. The second-order valence-electron chi connectivity index (χ2n) is 17.1. The molecule has 1 unspecified atom stereocenters. The summed E-state index contributed by atoms with van der Waals surface area (Å²) in [4.78, 5) is 38.0. The molecule has 0 radical (unpaired) electrons. The maximum atomic E-state index is 12.8. The lowest BCUT2D eigenvalue weighted by Gasteiger charge is -2.18.